The topological polar surface area (TPSA) is 95.0 Å². The molecule has 0 unspecified atom stereocenters. The van der Waals surface area contributed by atoms with Crippen molar-refractivity contribution < 1.29 is 28.7 Å². The summed E-state index contributed by atoms with van der Waals surface area (Å²) >= 11 is 14.6. The Balaban J connectivity index is 1.41. The lowest BCUT2D eigenvalue weighted by Gasteiger charge is -2.50. The predicted molar refractivity (Wildman–Crippen MR) is 154 cm³/mol. The second-order valence-electron chi connectivity index (χ2n) is 11.2. The standard InChI is InChI=1S/C32H23Cl2FN2O5/c33-31-16-23-20(14-15-22-25(23)28(40)36(27(22)39)18-6-2-1-3-7-18)26(21-8-4-5-9-24(21)38)32(31,34)30(42)37(29(31)41)19-12-10-17(35)11-13-19/h1-14,22-23,25-26,38H,15-16H2/t22-,23+,25-,26+,31+,32-/m0/s1. The largest absolute Gasteiger partial charge is 0.508 e. The van der Waals surface area contributed by atoms with E-state index in [1.807, 2.05) is 6.08 Å². The summed E-state index contributed by atoms with van der Waals surface area (Å²) in [6.45, 7) is 0. The van der Waals surface area contributed by atoms with Crippen LogP contribution >= 0.6 is 23.2 Å². The van der Waals surface area contributed by atoms with Crippen molar-refractivity contribution >= 4 is 58.2 Å². The third-order valence-electron chi connectivity index (χ3n) is 9.16. The maximum atomic E-state index is 14.3. The van der Waals surface area contributed by atoms with Crippen molar-refractivity contribution in [1.29, 1.82) is 0 Å². The molecule has 4 aliphatic rings. The summed E-state index contributed by atoms with van der Waals surface area (Å²) in [6, 6.07) is 19.8. The molecule has 0 radical (unpaired) electrons. The highest BCUT2D eigenvalue weighted by atomic mass is 35.5. The number of carbonyl (C=O) groups is 4. The van der Waals surface area contributed by atoms with Crippen LogP contribution in [0.15, 0.2) is 90.5 Å². The molecule has 2 saturated heterocycles. The SMILES string of the molecule is O=C1[C@H]2[C@H](CC=C3[C@H]2C[C@@]2(Cl)C(=O)N(c4ccc(F)cc4)C(=O)[C@@]2(Cl)[C@H]3c2ccccc2O)C(=O)N1c1ccccc1. The lowest BCUT2D eigenvalue weighted by molar-refractivity contribution is -0.125. The Bertz CT molecular complexity index is 1710. The number of halogens is 3. The Morgan fingerprint density at radius 2 is 1.40 bits per heavy atom. The van der Waals surface area contributed by atoms with Crippen molar-refractivity contribution in [3.8, 4) is 5.75 Å². The van der Waals surface area contributed by atoms with Crippen LogP contribution in [0.25, 0.3) is 0 Å². The molecule has 3 aromatic rings. The molecule has 2 aliphatic carbocycles. The Hall–Kier alpha value is -4.01. The van der Waals surface area contributed by atoms with E-state index in [1.54, 1.807) is 48.5 Å². The maximum Gasteiger partial charge on any atom is 0.258 e. The monoisotopic (exact) mass is 604 g/mol. The van der Waals surface area contributed by atoms with Gasteiger partial charge in [0.2, 0.25) is 11.8 Å². The summed E-state index contributed by atoms with van der Waals surface area (Å²) < 4.78 is 13.8. The van der Waals surface area contributed by atoms with Gasteiger partial charge in [-0.3, -0.25) is 24.1 Å². The Morgan fingerprint density at radius 3 is 2.10 bits per heavy atom. The van der Waals surface area contributed by atoms with Crippen LogP contribution in [0.5, 0.6) is 5.75 Å². The lowest BCUT2D eigenvalue weighted by Crippen LogP contribution is -2.60. The molecule has 10 heteroatoms. The number of benzene rings is 3. The molecule has 3 fully saturated rings. The van der Waals surface area contributed by atoms with Crippen molar-refractivity contribution in [3.05, 3.63) is 102 Å². The number of alkyl halides is 2. The van der Waals surface area contributed by atoms with Gasteiger partial charge in [0.25, 0.3) is 11.8 Å². The molecule has 7 nitrogen and oxygen atoms in total. The van der Waals surface area contributed by atoms with Gasteiger partial charge < -0.3 is 5.11 Å². The lowest BCUT2D eigenvalue weighted by atomic mass is 9.56. The number of hydrogen-bond acceptors (Lipinski definition) is 5. The average molecular weight is 605 g/mol. The Kier molecular flexibility index (Phi) is 5.91. The van der Waals surface area contributed by atoms with Gasteiger partial charge in [-0.05, 0) is 61.2 Å². The van der Waals surface area contributed by atoms with Crippen molar-refractivity contribution in [2.75, 3.05) is 9.80 Å². The van der Waals surface area contributed by atoms with Gasteiger partial charge in [0.05, 0.1) is 23.2 Å². The zero-order valence-electron chi connectivity index (χ0n) is 21.9. The van der Waals surface area contributed by atoms with Gasteiger partial charge in [-0.25, -0.2) is 9.29 Å². The first-order valence-corrected chi connectivity index (χ1v) is 14.3. The number of amides is 4. The number of hydrogen-bond donors (Lipinski definition) is 1. The zero-order chi connectivity index (χ0) is 29.6. The number of nitrogens with zero attached hydrogens (tertiary/aromatic N) is 2. The summed E-state index contributed by atoms with van der Waals surface area (Å²) in [6.07, 6.45) is 1.82. The van der Waals surface area contributed by atoms with Gasteiger partial charge in [-0.15, -0.1) is 23.2 Å². The molecule has 0 spiro atoms. The number of carbonyl (C=O) groups excluding carboxylic acids is 4. The van der Waals surface area contributed by atoms with E-state index >= 15 is 0 Å². The molecule has 2 aliphatic heterocycles. The molecule has 0 bridgehead atoms. The Morgan fingerprint density at radius 1 is 0.762 bits per heavy atom. The third-order valence-corrected chi connectivity index (χ3v) is 10.6. The molecule has 6 atom stereocenters. The molecular formula is C32H23Cl2FN2O5. The van der Waals surface area contributed by atoms with Crippen LogP contribution < -0.4 is 9.80 Å². The second-order valence-corrected chi connectivity index (χ2v) is 12.4. The molecule has 3 aromatic carbocycles. The van der Waals surface area contributed by atoms with E-state index in [-0.39, 0.29) is 35.7 Å². The first-order valence-electron chi connectivity index (χ1n) is 13.5. The highest BCUT2D eigenvalue weighted by Gasteiger charge is 2.76. The van der Waals surface area contributed by atoms with Crippen LogP contribution in [0, 0.1) is 23.6 Å². The van der Waals surface area contributed by atoms with Gasteiger partial charge >= 0.3 is 0 Å². The van der Waals surface area contributed by atoms with E-state index in [1.165, 1.54) is 23.1 Å². The molecule has 212 valence electrons. The number of phenolic OH excluding ortho intramolecular Hbond substituents is 1. The minimum absolute atomic E-state index is 0.0917. The number of phenols is 1. The van der Waals surface area contributed by atoms with Crippen molar-refractivity contribution in [3.63, 3.8) is 0 Å². The van der Waals surface area contributed by atoms with Crippen LogP contribution in [0.1, 0.15) is 24.3 Å². The molecule has 1 saturated carbocycles. The normalized spacial score (nSPS) is 32.0. The minimum atomic E-state index is -2.10. The van der Waals surface area contributed by atoms with Gasteiger partial charge in [0.1, 0.15) is 11.6 Å². The van der Waals surface area contributed by atoms with E-state index in [9.17, 15) is 28.7 Å². The fourth-order valence-electron chi connectivity index (χ4n) is 7.31. The van der Waals surface area contributed by atoms with E-state index < -0.39 is 57.0 Å². The highest BCUT2D eigenvalue weighted by Crippen LogP contribution is 2.66. The number of imide groups is 2. The summed E-state index contributed by atoms with van der Waals surface area (Å²) in [5.74, 6) is -6.49. The number of para-hydroxylation sites is 2. The first kappa shape index (κ1) is 26.9. The summed E-state index contributed by atoms with van der Waals surface area (Å²) in [4.78, 5) is 53.9. The summed E-state index contributed by atoms with van der Waals surface area (Å²) in [7, 11) is 0. The highest BCUT2D eigenvalue weighted by molar-refractivity contribution is 6.58. The number of anilines is 2. The minimum Gasteiger partial charge on any atom is -0.508 e. The van der Waals surface area contributed by atoms with E-state index in [2.05, 4.69) is 0 Å². The molecular weight excluding hydrogens is 582 g/mol. The molecule has 1 N–H and O–H groups in total. The zero-order valence-corrected chi connectivity index (χ0v) is 23.4. The molecule has 4 amide bonds. The number of rotatable bonds is 3. The number of fused-ring (bicyclic) bond motifs is 4. The molecule has 7 rings (SSSR count). The first-order chi connectivity index (χ1) is 20.1. The van der Waals surface area contributed by atoms with Crippen LogP contribution in [-0.2, 0) is 19.2 Å². The summed E-state index contributed by atoms with van der Waals surface area (Å²) in [5, 5.41) is 11.0. The van der Waals surface area contributed by atoms with Crippen LogP contribution in [0.4, 0.5) is 15.8 Å². The van der Waals surface area contributed by atoms with Gasteiger partial charge in [-0.2, -0.15) is 0 Å². The van der Waals surface area contributed by atoms with Crippen molar-refractivity contribution in [2.45, 2.75) is 28.5 Å². The second kappa shape index (κ2) is 9.24. The van der Waals surface area contributed by atoms with Gasteiger partial charge in [-0.1, -0.05) is 48.0 Å². The molecule has 2 heterocycles. The Labute approximate surface area is 250 Å². The van der Waals surface area contributed by atoms with E-state index in [0.717, 1.165) is 17.0 Å². The molecule has 0 aromatic heterocycles. The van der Waals surface area contributed by atoms with Gasteiger partial charge in [0, 0.05) is 11.5 Å². The van der Waals surface area contributed by atoms with Crippen LogP contribution in [0.3, 0.4) is 0 Å². The maximum absolute atomic E-state index is 14.3. The van der Waals surface area contributed by atoms with Crippen LogP contribution in [0.2, 0.25) is 0 Å². The fraction of sp³-hybridized carbons (Fsp3) is 0.250. The number of allylic oxidation sites excluding steroid dienone is 2. The third kappa shape index (κ3) is 3.39. The quantitative estimate of drug-likeness (QED) is 0.249. The van der Waals surface area contributed by atoms with E-state index in [0.29, 0.717) is 11.3 Å². The number of aromatic hydroxyl groups is 1. The van der Waals surface area contributed by atoms with E-state index in [4.69, 9.17) is 23.2 Å². The average Bonchev–Trinajstić information content (AvgIpc) is 3.32. The summed E-state index contributed by atoms with van der Waals surface area (Å²) in [5.41, 5.74) is 1.38. The predicted octanol–water partition coefficient (Wildman–Crippen LogP) is 5.30. The van der Waals surface area contributed by atoms with Crippen LogP contribution in [-0.4, -0.2) is 38.5 Å². The molecule has 42 heavy (non-hydrogen) atoms. The van der Waals surface area contributed by atoms with Crippen molar-refractivity contribution in [2.24, 2.45) is 17.8 Å². The fourth-order valence-corrected chi connectivity index (χ4v) is 8.23. The van der Waals surface area contributed by atoms with Gasteiger partial charge in [0.15, 0.2) is 9.75 Å². The van der Waals surface area contributed by atoms with Crippen molar-refractivity contribution in [1.82, 2.24) is 0 Å². The smallest absolute Gasteiger partial charge is 0.258 e.